The molecular formula is C23H36N4O3. The highest BCUT2D eigenvalue weighted by atomic mass is 16.5. The molecule has 2 amide bonds. The lowest BCUT2D eigenvalue weighted by Gasteiger charge is -2.33. The van der Waals surface area contributed by atoms with Gasteiger partial charge in [0.15, 0.2) is 11.5 Å². The number of rotatable bonds is 8. The number of likely N-dealkylation sites (N-methyl/N-ethyl adjacent to an activating group) is 1. The molecule has 1 saturated carbocycles. The standard InChI is InChI=1S/C23H36N4O3/c1-4-8-18-11-12-19(25-16(2)28)13-20(18)30-15-23(14-17-9-6-5-7-10-17)21(29)27(3)22(24)26-23/h11-12,17,20H,4-10,13-15H2,1-3H3,(H2,24,26)(H,25,28). The molecule has 2 unspecified atom stereocenters. The lowest BCUT2D eigenvalue weighted by Crippen LogP contribution is -2.47. The van der Waals surface area contributed by atoms with Crippen LogP contribution in [0.4, 0.5) is 0 Å². The molecule has 0 bridgehead atoms. The number of nitrogens with two attached hydrogens (primary N) is 1. The SMILES string of the molecule is CCCC1=CC=C(NC(C)=O)CC1OCC1(CC2CCCCC2)N=C(N)N(C)C1=O. The largest absolute Gasteiger partial charge is 0.370 e. The number of amides is 2. The molecule has 2 atom stereocenters. The van der Waals surface area contributed by atoms with Gasteiger partial charge in [0.05, 0.1) is 12.7 Å². The fourth-order valence-electron chi connectivity index (χ4n) is 4.88. The molecule has 7 heteroatoms. The average molecular weight is 417 g/mol. The molecule has 30 heavy (non-hydrogen) atoms. The molecule has 3 aliphatic rings. The van der Waals surface area contributed by atoms with Crippen molar-refractivity contribution in [2.45, 2.75) is 83.3 Å². The Hall–Kier alpha value is -2.15. The van der Waals surface area contributed by atoms with Crippen LogP contribution in [0.15, 0.2) is 28.4 Å². The second-order valence-electron chi connectivity index (χ2n) is 8.94. The predicted octanol–water partition coefficient (Wildman–Crippen LogP) is 3.02. The first-order valence-corrected chi connectivity index (χ1v) is 11.3. The first-order valence-electron chi connectivity index (χ1n) is 11.3. The zero-order chi connectivity index (χ0) is 21.7. The highest BCUT2D eigenvalue weighted by Crippen LogP contribution is 2.37. The van der Waals surface area contributed by atoms with E-state index in [1.165, 1.54) is 36.7 Å². The van der Waals surface area contributed by atoms with Gasteiger partial charge in [-0.25, -0.2) is 4.99 Å². The smallest absolute Gasteiger partial charge is 0.259 e. The van der Waals surface area contributed by atoms with Gasteiger partial charge in [0, 0.05) is 26.1 Å². The third-order valence-corrected chi connectivity index (χ3v) is 6.44. The van der Waals surface area contributed by atoms with Crippen molar-refractivity contribution in [2.75, 3.05) is 13.7 Å². The van der Waals surface area contributed by atoms with Crippen LogP contribution in [0.25, 0.3) is 0 Å². The molecule has 3 N–H and O–H groups in total. The Morgan fingerprint density at radius 1 is 1.33 bits per heavy atom. The monoisotopic (exact) mass is 416 g/mol. The number of hydrogen-bond acceptors (Lipinski definition) is 5. The van der Waals surface area contributed by atoms with Gasteiger partial charge in [-0.15, -0.1) is 0 Å². The van der Waals surface area contributed by atoms with Gasteiger partial charge in [0.1, 0.15) is 0 Å². The fourth-order valence-corrected chi connectivity index (χ4v) is 4.88. The minimum atomic E-state index is -0.937. The quantitative estimate of drug-likeness (QED) is 0.636. The van der Waals surface area contributed by atoms with Crippen molar-refractivity contribution in [3.05, 3.63) is 23.4 Å². The highest BCUT2D eigenvalue weighted by Gasteiger charge is 2.48. The number of ether oxygens (including phenoxy) is 1. The lowest BCUT2D eigenvalue weighted by atomic mass is 9.79. The van der Waals surface area contributed by atoms with Crippen molar-refractivity contribution in [1.82, 2.24) is 10.2 Å². The third-order valence-electron chi connectivity index (χ3n) is 6.44. The van der Waals surface area contributed by atoms with Crippen LogP contribution >= 0.6 is 0 Å². The van der Waals surface area contributed by atoms with Crippen LogP contribution in [0.5, 0.6) is 0 Å². The highest BCUT2D eigenvalue weighted by molar-refractivity contribution is 6.06. The molecule has 0 aromatic carbocycles. The second kappa shape index (κ2) is 9.77. The van der Waals surface area contributed by atoms with Gasteiger partial charge >= 0.3 is 0 Å². The van der Waals surface area contributed by atoms with Gasteiger partial charge < -0.3 is 15.8 Å². The van der Waals surface area contributed by atoms with Crippen LogP contribution < -0.4 is 11.1 Å². The molecule has 0 saturated heterocycles. The van der Waals surface area contributed by atoms with Gasteiger partial charge in [-0.2, -0.15) is 0 Å². The molecule has 0 radical (unpaired) electrons. The van der Waals surface area contributed by atoms with E-state index < -0.39 is 5.54 Å². The Balaban J connectivity index is 1.76. The number of allylic oxidation sites excluding steroid dienone is 2. The lowest BCUT2D eigenvalue weighted by molar-refractivity contribution is -0.134. The van der Waals surface area contributed by atoms with Crippen LogP contribution in [0, 0.1) is 5.92 Å². The van der Waals surface area contributed by atoms with Crippen molar-refractivity contribution in [2.24, 2.45) is 16.6 Å². The topological polar surface area (TPSA) is 97.0 Å². The minimum absolute atomic E-state index is 0.0694. The molecule has 0 spiro atoms. The maximum Gasteiger partial charge on any atom is 0.259 e. The van der Waals surface area contributed by atoms with E-state index >= 15 is 0 Å². The summed E-state index contributed by atoms with van der Waals surface area (Å²) in [7, 11) is 1.68. The van der Waals surface area contributed by atoms with E-state index in [-0.39, 0.29) is 30.5 Å². The number of aliphatic imine (C=N–C) groups is 1. The molecule has 1 heterocycles. The Kier molecular flexibility index (Phi) is 7.34. The summed E-state index contributed by atoms with van der Waals surface area (Å²) in [4.78, 5) is 30.8. The number of nitrogens with zero attached hydrogens (tertiary/aromatic N) is 2. The average Bonchev–Trinajstić information content (AvgIpc) is 2.92. The van der Waals surface area contributed by atoms with E-state index in [1.54, 1.807) is 7.05 Å². The Bertz CT molecular complexity index is 752. The van der Waals surface area contributed by atoms with E-state index in [9.17, 15) is 9.59 Å². The molecule has 0 aromatic heterocycles. The summed E-state index contributed by atoms with van der Waals surface area (Å²) in [6.07, 6.45) is 13.0. The molecule has 0 aromatic rings. The predicted molar refractivity (Wildman–Crippen MR) is 118 cm³/mol. The van der Waals surface area contributed by atoms with Crippen LogP contribution in [0.2, 0.25) is 0 Å². The molecule has 7 nitrogen and oxygen atoms in total. The van der Waals surface area contributed by atoms with Crippen molar-refractivity contribution in [1.29, 1.82) is 0 Å². The van der Waals surface area contributed by atoms with Crippen molar-refractivity contribution in [3.63, 3.8) is 0 Å². The van der Waals surface area contributed by atoms with Gasteiger partial charge in [-0.05, 0) is 30.4 Å². The molecule has 3 rings (SSSR count). The Morgan fingerprint density at radius 3 is 2.67 bits per heavy atom. The van der Waals surface area contributed by atoms with Crippen molar-refractivity contribution in [3.8, 4) is 0 Å². The number of hydrogen-bond donors (Lipinski definition) is 2. The molecular weight excluding hydrogens is 380 g/mol. The fraction of sp³-hybridized carbons (Fsp3) is 0.696. The zero-order valence-corrected chi connectivity index (χ0v) is 18.6. The Morgan fingerprint density at radius 2 is 2.07 bits per heavy atom. The zero-order valence-electron chi connectivity index (χ0n) is 18.6. The van der Waals surface area contributed by atoms with Crippen LogP contribution in [-0.4, -0.2) is 48.0 Å². The summed E-state index contributed by atoms with van der Waals surface area (Å²) in [6.45, 7) is 3.86. The van der Waals surface area contributed by atoms with Crippen LogP contribution in [0.1, 0.15) is 71.6 Å². The van der Waals surface area contributed by atoms with Crippen molar-refractivity contribution < 1.29 is 14.3 Å². The molecule has 1 fully saturated rings. The molecule has 166 valence electrons. The maximum absolute atomic E-state index is 13.2. The minimum Gasteiger partial charge on any atom is -0.370 e. The van der Waals surface area contributed by atoms with Gasteiger partial charge in [0.25, 0.3) is 5.91 Å². The van der Waals surface area contributed by atoms with Gasteiger partial charge in [0.2, 0.25) is 5.91 Å². The van der Waals surface area contributed by atoms with Crippen molar-refractivity contribution >= 4 is 17.8 Å². The van der Waals surface area contributed by atoms with Gasteiger partial charge in [-0.3, -0.25) is 14.5 Å². The van der Waals surface area contributed by atoms with E-state index in [0.717, 1.165) is 31.4 Å². The summed E-state index contributed by atoms with van der Waals surface area (Å²) < 4.78 is 6.39. The third kappa shape index (κ3) is 5.12. The second-order valence-corrected chi connectivity index (χ2v) is 8.94. The number of carbonyl (C=O) groups excluding carboxylic acids is 2. The first-order chi connectivity index (χ1) is 14.3. The summed E-state index contributed by atoms with van der Waals surface area (Å²) in [6, 6.07) is 0. The molecule has 2 aliphatic carbocycles. The normalized spacial score (nSPS) is 27.6. The first kappa shape index (κ1) is 22.5. The van der Waals surface area contributed by atoms with E-state index in [2.05, 4.69) is 17.2 Å². The van der Waals surface area contributed by atoms with Crippen LogP contribution in [0.3, 0.4) is 0 Å². The summed E-state index contributed by atoms with van der Waals surface area (Å²) in [5.74, 6) is 0.582. The van der Waals surface area contributed by atoms with Crippen LogP contribution in [-0.2, 0) is 14.3 Å². The maximum atomic E-state index is 13.2. The van der Waals surface area contributed by atoms with E-state index in [0.29, 0.717) is 18.8 Å². The van der Waals surface area contributed by atoms with Gasteiger partial charge in [-0.1, -0.05) is 51.5 Å². The summed E-state index contributed by atoms with van der Waals surface area (Å²) in [5, 5.41) is 2.88. The molecule has 1 aliphatic heterocycles. The number of nitrogens with one attached hydrogen (secondary N) is 1. The number of carbonyl (C=O) groups is 2. The van der Waals surface area contributed by atoms with E-state index in [1.807, 2.05) is 12.2 Å². The summed E-state index contributed by atoms with van der Waals surface area (Å²) >= 11 is 0. The summed E-state index contributed by atoms with van der Waals surface area (Å²) in [5.41, 5.74) is 7.13. The number of guanidine groups is 1. The Labute approximate surface area is 179 Å². The van der Waals surface area contributed by atoms with E-state index in [4.69, 9.17) is 10.5 Å².